The number of aldehydes is 1. The van der Waals surface area contributed by atoms with Gasteiger partial charge in [-0.1, -0.05) is 54.6 Å². The zero-order chi connectivity index (χ0) is 16.1. The zero-order valence-electron chi connectivity index (χ0n) is 12.4. The van der Waals surface area contributed by atoms with Gasteiger partial charge in [-0.2, -0.15) is 0 Å². The maximum Gasteiger partial charge on any atom is 0.411 e. The lowest BCUT2D eigenvalue weighted by Crippen LogP contribution is -2.14. The largest absolute Gasteiger partial charge is 0.444 e. The maximum absolute atomic E-state index is 11.9. The van der Waals surface area contributed by atoms with Crippen LogP contribution in [-0.4, -0.2) is 12.4 Å². The highest BCUT2D eigenvalue weighted by Crippen LogP contribution is 2.23. The minimum Gasteiger partial charge on any atom is -0.444 e. The molecule has 0 atom stereocenters. The molecule has 0 saturated carbocycles. The Balaban J connectivity index is 1.75. The summed E-state index contributed by atoms with van der Waals surface area (Å²) in [6, 6.07) is 20.6. The fraction of sp³-hybridized carbons (Fsp3) is 0.0526. The molecule has 0 heterocycles. The van der Waals surface area contributed by atoms with Crippen LogP contribution in [0.5, 0.6) is 0 Å². The SMILES string of the molecule is O=Cc1cc2ccccc2cc1NC(=O)OCc1ccccc1. The Morgan fingerprint density at radius 1 is 0.957 bits per heavy atom. The van der Waals surface area contributed by atoms with Gasteiger partial charge in [-0.05, 0) is 28.5 Å². The standard InChI is InChI=1S/C19H15NO3/c21-12-17-10-15-8-4-5-9-16(15)11-18(17)20-19(22)23-13-14-6-2-1-3-7-14/h1-12H,13H2,(H,20,22). The fourth-order valence-electron chi connectivity index (χ4n) is 2.33. The minimum absolute atomic E-state index is 0.177. The van der Waals surface area contributed by atoms with Crippen molar-refractivity contribution in [3.8, 4) is 0 Å². The van der Waals surface area contributed by atoms with Crippen LogP contribution in [0.2, 0.25) is 0 Å². The van der Waals surface area contributed by atoms with E-state index in [9.17, 15) is 9.59 Å². The second-order valence-electron chi connectivity index (χ2n) is 5.09. The van der Waals surface area contributed by atoms with Gasteiger partial charge in [-0.15, -0.1) is 0 Å². The first-order chi connectivity index (χ1) is 11.3. The molecule has 0 bridgehead atoms. The fourth-order valence-corrected chi connectivity index (χ4v) is 2.33. The molecule has 3 aromatic carbocycles. The van der Waals surface area contributed by atoms with E-state index >= 15 is 0 Å². The van der Waals surface area contributed by atoms with Crippen LogP contribution >= 0.6 is 0 Å². The Bertz CT molecular complexity index is 844. The molecule has 0 fully saturated rings. The van der Waals surface area contributed by atoms with Crippen molar-refractivity contribution in [2.24, 2.45) is 0 Å². The van der Waals surface area contributed by atoms with Gasteiger partial charge in [0.05, 0.1) is 5.69 Å². The van der Waals surface area contributed by atoms with Crippen molar-refractivity contribution in [2.45, 2.75) is 6.61 Å². The average molecular weight is 305 g/mol. The number of benzene rings is 3. The van der Waals surface area contributed by atoms with E-state index in [1.54, 1.807) is 12.1 Å². The maximum atomic E-state index is 11.9. The van der Waals surface area contributed by atoms with E-state index in [2.05, 4.69) is 5.32 Å². The van der Waals surface area contributed by atoms with E-state index < -0.39 is 6.09 Å². The molecule has 4 heteroatoms. The van der Waals surface area contributed by atoms with Gasteiger partial charge in [-0.25, -0.2) is 4.79 Å². The van der Waals surface area contributed by atoms with Gasteiger partial charge in [0.1, 0.15) is 6.61 Å². The highest BCUT2D eigenvalue weighted by atomic mass is 16.5. The van der Waals surface area contributed by atoms with Gasteiger partial charge in [0.15, 0.2) is 6.29 Å². The van der Waals surface area contributed by atoms with E-state index in [0.29, 0.717) is 11.3 Å². The Labute approximate surface area is 133 Å². The second-order valence-corrected chi connectivity index (χ2v) is 5.09. The number of fused-ring (bicyclic) bond motifs is 1. The average Bonchev–Trinajstić information content (AvgIpc) is 2.60. The Hall–Kier alpha value is -3.14. The lowest BCUT2D eigenvalue weighted by atomic mass is 10.1. The van der Waals surface area contributed by atoms with Crippen molar-refractivity contribution in [1.29, 1.82) is 0 Å². The third-order valence-corrected chi connectivity index (χ3v) is 3.49. The molecule has 1 N–H and O–H groups in total. The highest BCUT2D eigenvalue weighted by molar-refractivity contribution is 5.99. The first kappa shape index (κ1) is 14.8. The third kappa shape index (κ3) is 3.55. The molecular weight excluding hydrogens is 290 g/mol. The van der Waals surface area contributed by atoms with Crippen molar-refractivity contribution in [1.82, 2.24) is 0 Å². The molecule has 1 amide bonds. The van der Waals surface area contributed by atoms with E-state index in [4.69, 9.17) is 4.74 Å². The summed E-state index contributed by atoms with van der Waals surface area (Å²) in [7, 11) is 0. The molecule has 0 spiro atoms. The Kier molecular flexibility index (Phi) is 4.34. The summed E-state index contributed by atoms with van der Waals surface area (Å²) in [5.41, 5.74) is 1.76. The van der Waals surface area contributed by atoms with Crippen molar-refractivity contribution >= 4 is 28.8 Å². The molecule has 0 aromatic heterocycles. The molecule has 0 radical (unpaired) electrons. The van der Waals surface area contributed by atoms with Crippen LogP contribution in [0.15, 0.2) is 66.7 Å². The molecule has 3 rings (SSSR count). The molecular formula is C19H15NO3. The van der Waals surface area contributed by atoms with Gasteiger partial charge < -0.3 is 4.74 Å². The molecule has 0 unspecified atom stereocenters. The van der Waals surface area contributed by atoms with Crippen LogP contribution in [0.4, 0.5) is 10.5 Å². The zero-order valence-corrected chi connectivity index (χ0v) is 12.4. The number of amides is 1. The summed E-state index contributed by atoms with van der Waals surface area (Å²) in [4.78, 5) is 23.2. The van der Waals surface area contributed by atoms with Gasteiger partial charge in [0, 0.05) is 5.56 Å². The number of anilines is 1. The lowest BCUT2D eigenvalue weighted by molar-refractivity contribution is 0.112. The van der Waals surface area contributed by atoms with Crippen molar-refractivity contribution in [3.05, 3.63) is 77.9 Å². The van der Waals surface area contributed by atoms with Gasteiger partial charge >= 0.3 is 6.09 Å². The van der Waals surface area contributed by atoms with Crippen LogP contribution < -0.4 is 5.32 Å². The molecule has 23 heavy (non-hydrogen) atoms. The van der Waals surface area contributed by atoms with Gasteiger partial charge in [0.25, 0.3) is 0 Å². The monoisotopic (exact) mass is 305 g/mol. The number of nitrogens with one attached hydrogen (secondary N) is 1. The topological polar surface area (TPSA) is 55.4 Å². The normalized spacial score (nSPS) is 10.3. The Morgan fingerprint density at radius 3 is 2.30 bits per heavy atom. The molecule has 3 aromatic rings. The van der Waals surface area contributed by atoms with Crippen LogP contribution in [0.25, 0.3) is 10.8 Å². The molecule has 0 saturated heterocycles. The van der Waals surface area contributed by atoms with Gasteiger partial charge in [-0.3, -0.25) is 10.1 Å². The minimum atomic E-state index is -0.591. The van der Waals surface area contributed by atoms with E-state index in [0.717, 1.165) is 22.6 Å². The quantitative estimate of drug-likeness (QED) is 0.727. The van der Waals surface area contributed by atoms with Crippen molar-refractivity contribution < 1.29 is 14.3 Å². The molecule has 4 nitrogen and oxygen atoms in total. The van der Waals surface area contributed by atoms with Crippen molar-refractivity contribution in [2.75, 3.05) is 5.32 Å². The van der Waals surface area contributed by atoms with E-state index in [1.807, 2.05) is 54.6 Å². The van der Waals surface area contributed by atoms with Crippen LogP contribution in [0.3, 0.4) is 0 Å². The Morgan fingerprint density at radius 2 is 1.61 bits per heavy atom. The first-order valence-electron chi connectivity index (χ1n) is 7.22. The van der Waals surface area contributed by atoms with Crippen LogP contribution in [-0.2, 0) is 11.3 Å². The number of carbonyl (C=O) groups is 2. The number of hydrogen-bond donors (Lipinski definition) is 1. The number of carbonyl (C=O) groups excluding carboxylic acids is 2. The number of ether oxygens (including phenoxy) is 1. The van der Waals surface area contributed by atoms with E-state index in [1.165, 1.54) is 0 Å². The summed E-state index contributed by atoms with van der Waals surface area (Å²) in [6.07, 6.45) is 0.131. The number of hydrogen-bond acceptors (Lipinski definition) is 3. The highest BCUT2D eigenvalue weighted by Gasteiger charge is 2.09. The predicted molar refractivity (Wildman–Crippen MR) is 89.6 cm³/mol. The molecule has 114 valence electrons. The predicted octanol–water partition coefficient (Wildman–Crippen LogP) is 4.40. The number of rotatable bonds is 4. The summed E-state index contributed by atoms with van der Waals surface area (Å²) in [5.74, 6) is 0. The lowest BCUT2D eigenvalue weighted by Gasteiger charge is -2.10. The molecule has 0 aliphatic rings. The molecule has 0 aliphatic carbocycles. The third-order valence-electron chi connectivity index (χ3n) is 3.49. The van der Waals surface area contributed by atoms with Crippen LogP contribution in [0, 0.1) is 0 Å². The van der Waals surface area contributed by atoms with Gasteiger partial charge in [0.2, 0.25) is 0 Å². The summed E-state index contributed by atoms with van der Waals surface area (Å²) < 4.78 is 5.18. The first-order valence-corrected chi connectivity index (χ1v) is 7.22. The van der Waals surface area contributed by atoms with E-state index in [-0.39, 0.29) is 6.61 Å². The molecule has 0 aliphatic heterocycles. The summed E-state index contributed by atoms with van der Waals surface area (Å²) >= 11 is 0. The summed E-state index contributed by atoms with van der Waals surface area (Å²) in [5, 5.41) is 4.52. The van der Waals surface area contributed by atoms with Crippen LogP contribution in [0.1, 0.15) is 15.9 Å². The second kappa shape index (κ2) is 6.75. The summed E-state index contributed by atoms with van der Waals surface area (Å²) in [6.45, 7) is 0.177. The smallest absolute Gasteiger partial charge is 0.411 e. The van der Waals surface area contributed by atoms with Crippen molar-refractivity contribution in [3.63, 3.8) is 0 Å².